The fourth-order valence-electron chi connectivity index (χ4n) is 1.94. The number of nitrogens with one attached hydrogen (secondary N) is 1. The molecule has 24 heavy (non-hydrogen) atoms. The number of anilines is 1. The van der Waals surface area contributed by atoms with Crippen LogP contribution in [0.4, 0.5) is 11.4 Å². The summed E-state index contributed by atoms with van der Waals surface area (Å²) in [6.07, 6.45) is 0. The van der Waals surface area contributed by atoms with Gasteiger partial charge < -0.3 is 10.1 Å². The minimum atomic E-state index is -0.974. The van der Waals surface area contributed by atoms with Crippen molar-refractivity contribution in [3.05, 3.63) is 68.7 Å². The third-order valence-electron chi connectivity index (χ3n) is 3.13. The number of carbonyl (C=O) groups is 2. The largest absolute Gasteiger partial charge is 0.452 e. The number of amides is 1. The first-order chi connectivity index (χ1) is 11.4. The molecule has 1 N–H and O–H groups in total. The van der Waals surface area contributed by atoms with Crippen LogP contribution in [0.1, 0.15) is 15.9 Å². The average molecular weight is 349 g/mol. The molecule has 2 aromatic carbocycles. The van der Waals surface area contributed by atoms with Gasteiger partial charge in [-0.2, -0.15) is 0 Å². The Balaban J connectivity index is 2.02. The van der Waals surface area contributed by atoms with Gasteiger partial charge >= 0.3 is 5.97 Å². The molecule has 0 radical (unpaired) electrons. The summed E-state index contributed by atoms with van der Waals surface area (Å²) < 4.78 is 4.83. The molecule has 0 unspecified atom stereocenters. The first-order valence-electron chi connectivity index (χ1n) is 6.85. The Kier molecular flexibility index (Phi) is 5.49. The summed E-state index contributed by atoms with van der Waals surface area (Å²) in [4.78, 5) is 34.0. The highest BCUT2D eigenvalue weighted by Crippen LogP contribution is 2.23. The Morgan fingerprint density at radius 2 is 1.96 bits per heavy atom. The third kappa shape index (κ3) is 4.30. The fraction of sp³-hybridized carbons (Fsp3) is 0.125. The number of benzene rings is 2. The van der Waals surface area contributed by atoms with Crippen molar-refractivity contribution in [3.63, 3.8) is 0 Å². The molecule has 2 aromatic rings. The summed E-state index contributed by atoms with van der Waals surface area (Å²) >= 11 is 5.68. The van der Waals surface area contributed by atoms with E-state index in [1.807, 2.05) is 19.1 Å². The first kappa shape index (κ1) is 17.4. The number of ether oxygens (including phenoxy) is 1. The van der Waals surface area contributed by atoms with Gasteiger partial charge in [-0.1, -0.05) is 29.8 Å². The van der Waals surface area contributed by atoms with Crippen LogP contribution in [0.3, 0.4) is 0 Å². The first-order valence-corrected chi connectivity index (χ1v) is 7.23. The number of nitrogens with zero attached hydrogens (tertiary/aromatic N) is 1. The van der Waals surface area contributed by atoms with E-state index < -0.39 is 29.1 Å². The highest BCUT2D eigenvalue weighted by atomic mass is 35.5. The Labute approximate surface area is 142 Å². The van der Waals surface area contributed by atoms with E-state index in [2.05, 4.69) is 5.32 Å². The maximum absolute atomic E-state index is 12.0. The Morgan fingerprint density at radius 3 is 2.62 bits per heavy atom. The van der Waals surface area contributed by atoms with Crippen molar-refractivity contribution < 1.29 is 19.2 Å². The number of nitro benzene ring substituents is 1. The number of para-hydroxylation sites is 1. The maximum Gasteiger partial charge on any atom is 0.345 e. The van der Waals surface area contributed by atoms with Crippen LogP contribution in [-0.2, 0) is 9.53 Å². The minimum Gasteiger partial charge on any atom is -0.452 e. The van der Waals surface area contributed by atoms with Gasteiger partial charge in [-0.15, -0.1) is 0 Å². The van der Waals surface area contributed by atoms with Gasteiger partial charge in [0.25, 0.3) is 11.6 Å². The summed E-state index contributed by atoms with van der Waals surface area (Å²) in [6, 6.07) is 10.7. The molecule has 0 bridgehead atoms. The van der Waals surface area contributed by atoms with Crippen LogP contribution in [0.2, 0.25) is 5.02 Å². The molecular weight excluding hydrogens is 336 g/mol. The summed E-state index contributed by atoms with van der Waals surface area (Å²) in [5.74, 6) is -1.52. The zero-order chi connectivity index (χ0) is 17.7. The molecule has 0 aromatic heterocycles. The maximum atomic E-state index is 12.0. The van der Waals surface area contributed by atoms with Gasteiger partial charge in [0.05, 0.1) is 4.92 Å². The minimum absolute atomic E-state index is 0.121. The molecule has 124 valence electrons. The number of hydrogen-bond acceptors (Lipinski definition) is 5. The number of halogens is 1. The lowest BCUT2D eigenvalue weighted by atomic mass is 10.2. The Bertz CT molecular complexity index is 807. The lowest BCUT2D eigenvalue weighted by Gasteiger charge is -2.09. The highest BCUT2D eigenvalue weighted by Gasteiger charge is 2.22. The Morgan fingerprint density at radius 1 is 1.25 bits per heavy atom. The second-order valence-corrected chi connectivity index (χ2v) is 5.29. The highest BCUT2D eigenvalue weighted by molar-refractivity contribution is 6.31. The van der Waals surface area contributed by atoms with Gasteiger partial charge in [0.2, 0.25) is 0 Å². The summed E-state index contributed by atoms with van der Waals surface area (Å²) in [5.41, 5.74) is 0.696. The van der Waals surface area contributed by atoms with Gasteiger partial charge in [0.1, 0.15) is 5.56 Å². The second kappa shape index (κ2) is 7.56. The van der Waals surface area contributed by atoms with Crippen LogP contribution in [0.5, 0.6) is 0 Å². The summed E-state index contributed by atoms with van der Waals surface area (Å²) in [5, 5.41) is 13.7. The van der Waals surface area contributed by atoms with E-state index in [-0.39, 0.29) is 10.6 Å². The zero-order valence-corrected chi connectivity index (χ0v) is 13.4. The molecular formula is C16H13ClN2O5. The van der Waals surface area contributed by atoms with Crippen molar-refractivity contribution >= 4 is 34.9 Å². The quantitative estimate of drug-likeness (QED) is 0.507. The lowest BCUT2D eigenvalue weighted by Crippen LogP contribution is -2.21. The molecule has 8 heteroatoms. The normalized spacial score (nSPS) is 10.1. The molecule has 0 spiro atoms. The van der Waals surface area contributed by atoms with E-state index in [1.165, 1.54) is 12.1 Å². The summed E-state index contributed by atoms with van der Waals surface area (Å²) in [7, 11) is 0. The van der Waals surface area contributed by atoms with Crippen LogP contribution in [0.15, 0.2) is 42.5 Å². The fourth-order valence-corrected chi connectivity index (χ4v) is 2.10. The van der Waals surface area contributed by atoms with Crippen molar-refractivity contribution in [2.24, 2.45) is 0 Å². The molecule has 0 saturated heterocycles. The van der Waals surface area contributed by atoms with Crippen molar-refractivity contribution in [1.29, 1.82) is 0 Å². The van der Waals surface area contributed by atoms with E-state index in [4.69, 9.17) is 16.3 Å². The van der Waals surface area contributed by atoms with Gasteiger partial charge in [0.15, 0.2) is 6.61 Å². The molecule has 0 aliphatic heterocycles. The van der Waals surface area contributed by atoms with Crippen LogP contribution in [0.25, 0.3) is 0 Å². The summed E-state index contributed by atoms with van der Waals surface area (Å²) in [6.45, 7) is 1.26. The standard InChI is InChI=1S/C16H13ClN2O5/c1-10-4-2-3-5-13(10)18-15(20)9-24-16(21)12-7-6-11(17)8-14(12)19(22)23/h2-8H,9H2,1H3,(H,18,20). The van der Waals surface area contributed by atoms with E-state index >= 15 is 0 Å². The Hall–Kier alpha value is -2.93. The number of hydrogen-bond donors (Lipinski definition) is 1. The smallest absolute Gasteiger partial charge is 0.345 e. The van der Waals surface area contributed by atoms with E-state index in [1.54, 1.807) is 12.1 Å². The van der Waals surface area contributed by atoms with Crippen molar-refractivity contribution in [2.45, 2.75) is 6.92 Å². The number of aryl methyl sites for hydroxylation is 1. The van der Waals surface area contributed by atoms with E-state index in [0.717, 1.165) is 11.6 Å². The van der Waals surface area contributed by atoms with Gasteiger partial charge in [-0.05, 0) is 30.7 Å². The SMILES string of the molecule is Cc1ccccc1NC(=O)COC(=O)c1ccc(Cl)cc1[N+](=O)[O-]. The van der Waals surface area contributed by atoms with Crippen LogP contribution >= 0.6 is 11.6 Å². The average Bonchev–Trinajstić information content (AvgIpc) is 2.54. The third-order valence-corrected chi connectivity index (χ3v) is 3.36. The molecule has 1 amide bonds. The van der Waals surface area contributed by atoms with Gasteiger partial charge in [-0.3, -0.25) is 14.9 Å². The monoisotopic (exact) mass is 348 g/mol. The molecule has 0 atom stereocenters. The molecule has 7 nitrogen and oxygen atoms in total. The van der Waals surface area contributed by atoms with Crippen LogP contribution in [-0.4, -0.2) is 23.4 Å². The lowest BCUT2D eigenvalue weighted by molar-refractivity contribution is -0.385. The number of nitro groups is 1. The zero-order valence-electron chi connectivity index (χ0n) is 12.6. The van der Waals surface area contributed by atoms with Crippen LogP contribution in [0, 0.1) is 17.0 Å². The topological polar surface area (TPSA) is 98.5 Å². The molecule has 0 aliphatic rings. The van der Waals surface area contributed by atoms with Crippen LogP contribution < -0.4 is 5.32 Å². The molecule has 2 rings (SSSR count). The van der Waals surface area contributed by atoms with Crippen molar-refractivity contribution in [3.8, 4) is 0 Å². The van der Waals surface area contributed by atoms with Gasteiger partial charge in [0, 0.05) is 16.8 Å². The van der Waals surface area contributed by atoms with Crippen molar-refractivity contribution in [2.75, 3.05) is 11.9 Å². The predicted octanol–water partition coefficient (Wildman–Crippen LogP) is 3.35. The van der Waals surface area contributed by atoms with Gasteiger partial charge in [-0.25, -0.2) is 4.79 Å². The molecule has 0 saturated carbocycles. The molecule has 0 heterocycles. The number of rotatable bonds is 5. The number of esters is 1. The molecule has 0 fully saturated rings. The van der Waals surface area contributed by atoms with Crippen molar-refractivity contribution in [1.82, 2.24) is 0 Å². The predicted molar refractivity (Wildman–Crippen MR) is 88.2 cm³/mol. The molecule has 0 aliphatic carbocycles. The van der Waals surface area contributed by atoms with E-state index in [0.29, 0.717) is 5.69 Å². The number of carbonyl (C=O) groups excluding carboxylic acids is 2. The second-order valence-electron chi connectivity index (χ2n) is 4.86. The van der Waals surface area contributed by atoms with E-state index in [9.17, 15) is 19.7 Å².